The molecule has 0 amide bonds. The van der Waals surface area contributed by atoms with Crippen molar-refractivity contribution in [3.63, 3.8) is 0 Å². The Balaban J connectivity index is 1.61. The number of carbonyl (C=O) groups excluding carboxylic acids is 2. The number of carbonyl (C=O) groups is 2. The standard InChI is InChI=1S/C27H42O9/c1-6-25(4)11-18(36-19(30)13-35-24-21(32)20(31)17(29)12-34-24)26(5)14(2)7-9-27(15(3)23(25)33)10-8-16(28)22(26)27/h6,14-15,17-18,20-24,29,31-33H,1,7-13H2,2-5H3/t14-,15+,17-,18-,20+,21-,22+,23+,24+,25-,26+,27+/m1/s1. The first-order valence-corrected chi connectivity index (χ1v) is 13.1. The van der Waals surface area contributed by atoms with E-state index < -0.39 is 60.2 Å². The number of hydrogen-bond donors (Lipinski definition) is 4. The maximum atomic E-state index is 13.4. The van der Waals surface area contributed by atoms with Gasteiger partial charge < -0.3 is 34.6 Å². The number of rotatable bonds is 5. The van der Waals surface area contributed by atoms with Gasteiger partial charge in [-0.05, 0) is 42.9 Å². The number of hydrogen-bond acceptors (Lipinski definition) is 9. The van der Waals surface area contributed by atoms with Gasteiger partial charge in [-0.2, -0.15) is 0 Å². The first-order chi connectivity index (χ1) is 16.8. The van der Waals surface area contributed by atoms with Crippen LogP contribution in [0.3, 0.4) is 0 Å². The van der Waals surface area contributed by atoms with Crippen molar-refractivity contribution in [2.75, 3.05) is 13.2 Å². The molecule has 1 aliphatic heterocycles. The van der Waals surface area contributed by atoms with Gasteiger partial charge in [0.05, 0.1) is 12.7 Å². The van der Waals surface area contributed by atoms with Gasteiger partial charge in [-0.15, -0.1) is 6.58 Å². The lowest BCUT2D eigenvalue weighted by Crippen LogP contribution is -2.63. The molecule has 3 saturated carbocycles. The zero-order valence-electron chi connectivity index (χ0n) is 21.8. The number of ether oxygens (including phenoxy) is 3. The van der Waals surface area contributed by atoms with Crippen LogP contribution in [-0.4, -0.2) is 82.2 Å². The topological polar surface area (TPSA) is 143 Å². The highest BCUT2D eigenvalue weighted by atomic mass is 16.7. The number of esters is 1. The summed E-state index contributed by atoms with van der Waals surface area (Å²) in [5, 5.41) is 41.1. The van der Waals surface area contributed by atoms with Crippen molar-refractivity contribution in [2.45, 2.75) is 96.6 Å². The molecular weight excluding hydrogens is 468 g/mol. The van der Waals surface area contributed by atoms with Crippen molar-refractivity contribution in [2.24, 2.45) is 34.0 Å². The first kappa shape index (κ1) is 27.7. The fourth-order valence-electron chi connectivity index (χ4n) is 7.77. The minimum absolute atomic E-state index is 0.105. The Morgan fingerprint density at radius 3 is 2.53 bits per heavy atom. The van der Waals surface area contributed by atoms with Crippen LogP contribution in [0.25, 0.3) is 0 Å². The normalized spacial score (nSPS) is 51.1. The molecule has 9 heteroatoms. The van der Waals surface area contributed by atoms with E-state index >= 15 is 0 Å². The summed E-state index contributed by atoms with van der Waals surface area (Å²) in [4.78, 5) is 26.5. The lowest BCUT2D eigenvalue weighted by molar-refractivity contribution is -0.271. The van der Waals surface area contributed by atoms with E-state index in [0.717, 1.165) is 19.3 Å². The Hall–Kier alpha value is -1.36. The summed E-state index contributed by atoms with van der Waals surface area (Å²) in [5.74, 6) is -0.856. The van der Waals surface area contributed by atoms with E-state index in [2.05, 4.69) is 27.4 Å². The molecule has 0 aromatic carbocycles. The Bertz CT molecular complexity index is 877. The Kier molecular flexibility index (Phi) is 7.49. The molecule has 4 aliphatic rings. The maximum absolute atomic E-state index is 13.4. The van der Waals surface area contributed by atoms with Crippen molar-refractivity contribution in [1.82, 2.24) is 0 Å². The molecule has 1 heterocycles. The molecule has 36 heavy (non-hydrogen) atoms. The van der Waals surface area contributed by atoms with E-state index in [0.29, 0.717) is 12.8 Å². The second kappa shape index (κ2) is 9.75. The van der Waals surface area contributed by atoms with E-state index in [9.17, 15) is 30.0 Å². The van der Waals surface area contributed by atoms with E-state index in [1.54, 1.807) is 6.08 Å². The van der Waals surface area contributed by atoms with Crippen molar-refractivity contribution in [3.05, 3.63) is 12.7 Å². The molecule has 204 valence electrons. The van der Waals surface area contributed by atoms with Crippen molar-refractivity contribution in [1.29, 1.82) is 0 Å². The Morgan fingerprint density at radius 1 is 1.17 bits per heavy atom. The SMILES string of the molecule is C=C[C@]1(C)C[C@@H](OC(=O)CO[C@@H]2OC[C@@H](O)[C@H](O)[C@H]2O)[C@]2(C)[C@H](C)CC[C@]3(CCC(=O)[C@H]32)[C@@H](C)[C@@H]1O. The molecule has 9 nitrogen and oxygen atoms in total. The fourth-order valence-corrected chi connectivity index (χ4v) is 7.77. The van der Waals surface area contributed by atoms with Crippen LogP contribution in [-0.2, 0) is 23.8 Å². The molecule has 0 aromatic rings. The first-order valence-electron chi connectivity index (χ1n) is 13.1. The molecule has 4 N–H and O–H groups in total. The number of Topliss-reactive ketones (excluding diaryl/α,β-unsaturated/α-hetero) is 1. The van der Waals surface area contributed by atoms with E-state index in [1.807, 2.05) is 6.92 Å². The Labute approximate surface area is 212 Å². The number of ketones is 1. The Morgan fingerprint density at radius 2 is 1.86 bits per heavy atom. The van der Waals surface area contributed by atoms with Crippen molar-refractivity contribution < 1.29 is 44.2 Å². The highest BCUT2D eigenvalue weighted by molar-refractivity contribution is 5.85. The van der Waals surface area contributed by atoms with E-state index in [1.165, 1.54) is 0 Å². The largest absolute Gasteiger partial charge is 0.460 e. The second-order valence-electron chi connectivity index (χ2n) is 12.1. The van der Waals surface area contributed by atoms with Gasteiger partial charge in [0.1, 0.15) is 36.8 Å². The van der Waals surface area contributed by atoms with Gasteiger partial charge in [0.15, 0.2) is 6.29 Å². The summed E-state index contributed by atoms with van der Waals surface area (Å²) < 4.78 is 16.7. The quantitative estimate of drug-likeness (QED) is 0.318. The van der Waals surface area contributed by atoms with Crippen LogP contribution in [0, 0.1) is 34.0 Å². The van der Waals surface area contributed by atoms with E-state index in [-0.39, 0.29) is 35.6 Å². The van der Waals surface area contributed by atoms with Gasteiger partial charge in [-0.1, -0.05) is 33.8 Å². The number of aliphatic hydroxyl groups is 4. The highest BCUT2D eigenvalue weighted by Crippen LogP contribution is 2.68. The average molecular weight is 511 g/mol. The predicted octanol–water partition coefficient (Wildman–Crippen LogP) is 1.35. The molecular formula is C27H42O9. The molecule has 1 saturated heterocycles. The minimum Gasteiger partial charge on any atom is -0.460 e. The highest BCUT2D eigenvalue weighted by Gasteiger charge is 2.68. The van der Waals surface area contributed by atoms with Gasteiger partial charge >= 0.3 is 5.97 Å². The lowest BCUT2D eigenvalue weighted by Gasteiger charge is -2.61. The van der Waals surface area contributed by atoms with Crippen molar-refractivity contribution >= 4 is 11.8 Å². The third-order valence-corrected chi connectivity index (χ3v) is 10.4. The van der Waals surface area contributed by atoms with Gasteiger partial charge in [-0.3, -0.25) is 4.79 Å². The summed E-state index contributed by atoms with van der Waals surface area (Å²) in [6, 6.07) is 0. The molecule has 3 aliphatic carbocycles. The molecule has 0 unspecified atom stereocenters. The molecule has 0 spiro atoms. The van der Waals surface area contributed by atoms with Crippen LogP contribution >= 0.6 is 0 Å². The van der Waals surface area contributed by atoms with Crippen LogP contribution in [0.5, 0.6) is 0 Å². The van der Waals surface area contributed by atoms with Crippen LogP contribution in [0.4, 0.5) is 0 Å². The van der Waals surface area contributed by atoms with Gasteiger partial charge in [0.2, 0.25) is 0 Å². The third kappa shape index (κ3) is 4.16. The third-order valence-electron chi connectivity index (χ3n) is 10.4. The molecule has 0 aromatic heterocycles. The molecule has 0 radical (unpaired) electrons. The van der Waals surface area contributed by atoms with Gasteiger partial charge in [0.25, 0.3) is 0 Å². The van der Waals surface area contributed by atoms with Crippen LogP contribution < -0.4 is 0 Å². The maximum Gasteiger partial charge on any atom is 0.332 e. The summed E-state index contributed by atoms with van der Waals surface area (Å²) >= 11 is 0. The average Bonchev–Trinajstić information content (AvgIpc) is 3.20. The molecule has 2 bridgehead atoms. The summed E-state index contributed by atoms with van der Waals surface area (Å²) in [6.45, 7) is 11.4. The van der Waals surface area contributed by atoms with Crippen molar-refractivity contribution in [3.8, 4) is 0 Å². The summed E-state index contributed by atoms with van der Waals surface area (Å²) in [7, 11) is 0. The van der Waals surface area contributed by atoms with E-state index in [4.69, 9.17) is 14.2 Å². The predicted molar refractivity (Wildman–Crippen MR) is 128 cm³/mol. The van der Waals surface area contributed by atoms with Crippen LogP contribution in [0.1, 0.15) is 59.8 Å². The zero-order valence-corrected chi connectivity index (χ0v) is 21.8. The number of aliphatic hydroxyl groups excluding tert-OH is 4. The second-order valence-corrected chi connectivity index (χ2v) is 12.1. The summed E-state index contributed by atoms with van der Waals surface area (Å²) in [6.07, 6.45) is -1.99. The van der Waals surface area contributed by atoms with Crippen LogP contribution in [0.2, 0.25) is 0 Å². The molecule has 4 rings (SSSR count). The summed E-state index contributed by atoms with van der Waals surface area (Å²) in [5.41, 5.74) is -1.74. The van der Waals surface area contributed by atoms with Gasteiger partial charge in [-0.25, -0.2) is 4.79 Å². The van der Waals surface area contributed by atoms with Gasteiger partial charge in [0, 0.05) is 23.2 Å². The zero-order chi connectivity index (χ0) is 26.6. The molecule has 12 atom stereocenters. The fraction of sp³-hybridized carbons (Fsp3) is 0.852. The van der Waals surface area contributed by atoms with Crippen LogP contribution in [0.15, 0.2) is 12.7 Å². The lowest BCUT2D eigenvalue weighted by atomic mass is 9.44. The monoisotopic (exact) mass is 510 g/mol. The molecule has 4 fully saturated rings. The smallest absolute Gasteiger partial charge is 0.332 e. The minimum atomic E-state index is -1.52.